The van der Waals surface area contributed by atoms with Gasteiger partial charge in [-0.1, -0.05) is 49.9 Å². The van der Waals surface area contributed by atoms with E-state index in [0.29, 0.717) is 12.0 Å². The number of aromatic nitrogens is 3. The summed E-state index contributed by atoms with van der Waals surface area (Å²) in [5.41, 5.74) is 2.03. The minimum absolute atomic E-state index is 0.0129. The van der Waals surface area contributed by atoms with Crippen molar-refractivity contribution < 1.29 is 4.79 Å². The van der Waals surface area contributed by atoms with E-state index in [4.69, 9.17) is 0 Å². The van der Waals surface area contributed by atoms with Gasteiger partial charge >= 0.3 is 0 Å². The second-order valence-corrected chi connectivity index (χ2v) is 9.63. The fourth-order valence-corrected chi connectivity index (χ4v) is 4.78. The zero-order chi connectivity index (χ0) is 19.7. The number of carbonyl (C=O) groups is 1. The van der Waals surface area contributed by atoms with Crippen LogP contribution in [-0.2, 0) is 4.79 Å². The third-order valence-electron chi connectivity index (χ3n) is 4.81. The average molecular weight is 413 g/mol. The molecule has 0 saturated heterocycles. The lowest BCUT2D eigenvalue weighted by atomic mass is 10.0. The Bertz CT molecular complexity index is 961. The molecular formula is C21H24N4OS2. The molecule has 2 aromatic heterocycles. The molecule has 1 aliphatic carbocycles. The molecule has 0 unspecified atom stereocenters. The number of thiophene rings is 1. The molecule has 1 aromatic carbocycles. The van der Waals surface area contributed by atoms with Crippen molar-refractivity contribution in [2.24, 2.45) is 0 Å². The Morgan fingerprint density at radius 1 is 1.18 bits per heavy atom. The highest BCUT2D eigenvalue weighted by molar-refractivity contribution is 8.00. The number of hydrogen-bond donors (Lipinski definition) is 1. The molecule has 4 rings (SSSR count). The van der Waals surface area contributed by atoms with E-state index in [2.05, 4.69) is 51.4 Å². The van der Waals surface area contributed by atoms with E-state index in [-0.39, 0.29) is 11.2 Å². The number of nitrogens with one attached hydrogen (secondary N) is 1. The first-order valence-corrected chi connectivity index (χ1v) is 11.4. The van der Waals surface area contributed by atoms with E-state index >= 15 is 0 Å². The minimum Gasteiger partial charge on any atom is -0.325 e. The number of anilines is 1. The van der Waals surface area contributed by atoms with Gasteiger partial charge < -0.3 is 5.32 Å². The summed E-state index contributed by atoms with van der Waals surface area (Å²) in [6, 6.07) is 12.5. The van der Waals surface area contributed by atoms with Gasteiger partial charge in [-0.2, -0.15) is 0 Å². The Morgan fingerprint density at radius 2 is 1.96 bits per heavy atom. The molecule has 1 amide bonds. The second-order valence-electron chi connectivity index (χ2n) is 7.38. The van der Waals surface area contributed by atoms with Crippen LogP contribution in [-0.4, -0.2) is 25.9 Å². The highest BCUT2D eigenvalue weighted by Gasteiger charge is 2.31. The molecule has 5 nitrogen and oxygen atoms in total. The summed E-state index contributed by atoms with van der Waals surface area (Å²) < 4.78 is 2.21. The molecule has 0 bridgehead atoms. The summed E-state index contributed by atoms with van der Waals surface area (Å²) in [7, 11) is 0. The summed E-state index contributed by atoms with van der Waals surface area (Å²) >= 11 is 3.15. The van der Waals surface area contributed by atoms with Gasteiger partial charge in [-0.05, 0) is 48.8 Å². The first-order chi connectivity index (χ1) is 13.5. The molecule has 146 valence electrons. The van der Waals surface area contributed by atoms with Gasteiger partial charge in [-0.25, -0.2) is 0 Å². The number of thioether (sulfide) groups is 1. The zero-order valence-electron chi connectivity index (χ0n) is 16.3. The molecule has 28 heavy (non-hydrogen) atoms. The van der Waals surface area contributed by atoms with Crippen molar-refractivity contribution in [3.8, 4) is 10.7 Å². The van der Waals surface area contributed by atoms with E-state index in [9.17, 15) is 4.79 Å². The van der Waals surface area contributed by atoms with E-state index in [1.807, 2.05) is 31.2 Å². The van der Waals surface area contributed by atoms with Crippen LogP contribution in [0.3, 0.4) is 0 Å². The van der Waals surface area contributed by atoms with E-state index in [1.54, 1.807) is 11.3 Å². The average Bonchev–Trinajstić information content (AvgIpc) is 3.20. The quantitative estimate of drug-likeness (QED) is 0.514. The lowest BCUT2D eigenvalue weighted by Gasteiger charge is -2.16. The van der Waals surface area contributed by atoms with Crippen molar-refractivity contribution in [2.45, 2.75) is 56.0 Å². The topological polar surface area (TPSA) is 59.8 Å². The number of benzene rings is 1. The smallest absolute Gasteiger partial charge is 0.237 e. The largest absolute Gasteiger partial charge is 0.325 e. The summed E-state index contributed by atoms with van der Waals surface area (Å²) in [6.45, 7) is 6.19. The first kappa shape index (κ1) is 19.2. The van der Waals surface area contributed by atoms with Gasteiger partial charge in [0.15, 0.2) is 11.0 Å². The molecule has 0 spiro atoms. The third kappa shape index (κ3) is 4.00. The van der Waals surface area contributed by atoms with Crippen molar-refractivity contribution in [2.75, 3.05) is 5.32 Å². The van der Waals surface area contributed by atoms with Crippen molar-refractivity contribution >= 4 is 34.7 Å². The van der Waals surface area contributed by atoms with Gasteiger partial charge in [-0.15, -0.1) is 21.5 Å². The molecule has 3 aromatic rings. The predicted octanol–water partition coefficient (Wildman–Crippen LogP) is 5.58. The molecule has 1 fully saturated rings. The molecule has 1 atom stereocenters. The van der Waals surface area contributed by atoms with Crippen LogP contribution in [0.15, 0.2) is 46.9 Å². The van der Waals surface area contributed by atoms with Crippen molar-refractivity contribution in [3.05, 3.63) is 47.3 Å². The molecule has 1 N–H and O–H groups in total. The fourth-order valence-electron chi connectivity index (χ4n) is 3.15. The lowest BCUT2D eigenvalue weighted by molar-refractivity contribution is -0.115. The maximum absolute atomic E-state index is 12.8. The minimum atomic E-state index is -0.266. The summed E-state index contributed by atoms with van der Waals surface area (Å²) in [6.07, 6.45) is 2.29. The maximum atomic E-state index is 12.8. The van der Waals surface area contributed by atoms with Gasteiger partial charge in [0.25, 0.3) is 0 Å². The third-order valence-corrected chi connectivity index (χ3v) is 6.73. The Balaban J connectivity index is 1.51. The second kappa shape index (κ2) is 8.09. The van der Waals surface area contributed by atoms with Crippen LogP contribution < -0.4 is 5.32 Å². The Kier molecular flexibility index (Phi) is 5.55. The van der Waals surface area contributed by atoms with Crippen molar-refractivity contribution in [1.29, 1.82) is 0 Å². The van der Waals surface area contributed by atoms with Gasteiger partial charge in [0.2, 0.25) is 5.91 Å². The molecule has 7 heteroatoms. The van der Waals surface area contributed by atoms with Crippen LogP contribution in [0, 0.1) is 0 Å². The molecule has 2 heterocycles. The van der Waals surface area contributed by atoms with Gasteiger partial charge in [0, 0.05) is 11.7 Å². The number of nitrogens with zero attached hydrogens (tertiary/aromatic N) is 3. The summed E-state index contributed by atoms with van der Waals surface area (Å²) in [5.74, 6) is 1.25. The molecule has 0 radical (unpaired) electrons. The molecule has 1 saturated carbocycles. The van der Waals surface area contributed by atoms with E-state index in [0.717, 1.165) is 40.0 Å². The number of amides is 1. The maximum Gasteiger partial charge on any atom is 0.237 e. The zero-order valence-corrected chi connectivity index (χ0v) is 17.9. The van der Waals surface area contributed by atoms with Gasteiger partial charge in [-0.3, -0.25) is 9.36 Å². The highest BCUT2D eigenvalue weighted by Crippen LogP contribution is 2.42. The summed E-state index contributed by atoms with van der Waals surface area (Å²) in [4.78, 5) is 14.0. The van der Waals surface area contributed by atoms with Crippen LogP contribution >= 0.6 is 23.1 Å². The highest BCUT2D eigenvalue weighted by atomic mass is 32.2. The number of para-hydroxylation sites is 1. The first-order valence-electron chi connectivity index (χ1n) is 9.59. The molecule has 0 aliphatic heterocycles. The van der Waals surface area contributed by atoms with Crippen LogP contribution in [0.5, 0.6) is 0 Å². The Morgan fingerprint density at radius 3 is 2.64 bits per heavy atom. The van der Waals surface area contributed by atoms with Crippen LogP contribution in [0.4, 0.5) is 5.69 Å². The Hall–Kier alpha value is -2.12. The SMILES string of the molecule is CC(C)c1ccccc1NC(=O)[C@H](C)Sc1nnc(-c2cccs2)n1C1CC1. The monoisotopic (exact) mass is 412 g/mol. The number of carbonyl (C=O) groups excluding carboxylic acids is 1. The van der Waals surface area contributed by atoms with Crippen LogP contribution in [0.2, 0.25) is 0 Å². The van der Waals surface area contributed by atoms with E-state index in [1.165, 1.54) is 11.8 Å². The molecule has 1 aliphatic rings. The Labute approximate surface area is 173 Å². The van der Waals surface area contributed by atoms with Crippen LogP contribution in [0.25, 0.3) is 10.7 Å². The lowest BCUT2D eigenvalue weighted by Crippen LogP contribution is -2.23. The van der Waals surface area contributed by atoms with E-state index < -0.39 is 0 Å². The standard InChI is InChI=1S/C21H24N4OS2/c1-13(2)16-7-4-5-8-17(16)22-20(26)14(3)28-21-24-23-19(18-9-6-12-27-18)25(21)15-10-11-15/h4-9,12-15H,10-11H2,1-3H3,(H,22,26)/t14-/m0/s1. The van der Waals surface area contributed by atoms with Gasteiger partial charge in [0.05, 0.1) is 10.1 Å². The van der Waals surface area contributed by atoms with Crippen molar-refractivity contribution in [1.82, 2.24) is 14.8 Å². The fraction of sp³-hybridized carbons (Fsp3) is 0.381. The normalized spacial score (nSPS) is 15.0. The number of rotatable bonds is 7. The van der Waals surface area contributed by atoms with Gasteiger partial charge in [0.1, 0.15) is 0 Å². The van der Waals surface area contributed by atoms with Crippen molar-refractivity contribution in [3.63, 3.8) is 0 Å². The van der Waals surface area contributed by atoms with Crippen LogP contribution in [0.1, 0.15) is 51.1 Å². The molecular weight excluding hydrogens is 388 g/mol. The number of hydrogen-bond acceptors (Lipinski definition) is 5. The predicted molar refractivity (Wildman–Crippen MR) is 116 cm³/mol. The summed E-state index contributed by atoms with van der Waals surface area (Å²) in [5, 5.41) is 14.5.